The summed E-state index contributed by atoms with van der Waals surface area (Å²) < 4.78 is 5.10. The topological polar surface area (TPSA) is 81.2 Å². The van der Waals surface area contributed by atoms with Crippen molar-refractivity contribution in [3.05, 3.63) is 65.5 Å². The van der Waals surface area contributed by atoms with Crippen LogP contribution < -0.4 is 5.32 Å². The van der Waals surface area contributed by atoms with Crippen molar-refractivity contribution >= 4 is 28.6 Å². The first-order chi connectivity index (χ1) is 12.7. The van der Waals surface area contributed by atoms with Crippen LogP contribution in [0.5, 0.6) is 0 Å². The summed E-state index contributed by atoms with van der Waals surface area (Å²) in [5.41, 5.74) is 4.98. The molecule has 1 heterocycles. The van der Waals surface area contributed by atoms with Gasteiger partial charge in [-0.2, -0.15) is 0 Å². The molecule has 130 valence electrons. The molecule has 0 unspecified atom stereocenters. The van der Waals surface area contributed by atoms with Gasteiger partial charge in [0, 0.05) is 18.1 Å². The van der Waals surface area contributed by atoms with E-state index in [0.717, 1.165) is 24.9 Å². The Kier molecular flexibility index (Phi) is 4.31. The van der Waals surface area contributed by atoms with E-state index >= 15 is 0 Å². The van der Waals surface area contributed by atoms with Crippen LogP contribution in [0.2, 0.25) is 0 Å². The number of aromatic nitrogens is 2. The Bertz CT molecular complexity index is 1000. The van der Waals surface area contributed by atoms with Gasteiger partial charge in [-0.05, 0) is 60.7 Å². The molecular formula is C20H17N3O3. The van der Waals surface area contributed by atoms with E-state index in [1.54, 1.807) is 30.6 Å². The van der Waals surface area contributed by atoms with Crippen molar-refractivity contribution in [2.24, 2.45) is 0 Å². The Morgan fingerprint density at radius 2 is 1.77 bits per heavy atom. The standard InChI is InChI=1S/C20H17N3O3/c24-19(23-16-6-4-13-2-1-3-14(13)10-16)12-26-20(25)15-5-7-17-18(11-15)22-9-8-21-17/h4-11H,1-3,12H2,(H,23,24). The quantitative estimate of drug-likeness (QED) is 0.734. The number of benzene rings is 2. The van der Waals surface area contributed by atoms with Gasteiger partial charge in [0.1, 0.15) is 0 Å². The minimum absolute atomic E-state index is 0.336. The molecule has 6 nitrogen and oxygen atoms in total. The lowest BCUT2D eigenvalue weighted by molar-refractivity contribution is -0.119. The van der Waals surface area contributed by atoms with Crippen LogP contribution in [-0.2, 0) is 22.4 Å². The van der Waals surface area contributed by atoms with Crippen LogP contribution in [0.15, 0.2) is 48.8 Å². The third-order valence-corrected chi connectivity index (χ3v) is 4.42. The maximum absolute atomic E-state index is 12.1. The van der Waals surface area contributed by atoms with Crippen molar-refractivity contribution in [1.29, 1.82) is 0 Å². The zero-order valence-electron chi connectivity index (χ0n) is 14.1. The molecule has 0 saturated carbocycles. The molecule has 1 aliphatic carbocycles. The van der Waals surface area contributed by atoms with Gasteiger partial charge in [0.15, 0.2) is 6.61 Å². The molecule has 1 aliphatic rings. The number of carbonyl (C=O) groups excluding carboxylic acids is 2. The summed E-state index contributed by atoms with van der Waals surface area (Å²) in [4.78, 5) is 32.5. The van der Waals surface area contributed by atoms with Crippen molar-refractivity contribution < 1.29 is 14.3 Å². The fraction of sp³-hybridized carbons (Fsp3) is 0.200. The molecule has 1 N–H and O–H groups in total. The average Bonchev–Trinajstić information content (AvgIpc) is 3.13. The highest BCUT2D eigenvalue weighted by atomic mass is 16.5. The van der Waals surface area contributed by atoms with Gasteiger partial charge in [-0.15, -0.1) is 0 Å². The Balaban J connectivity index is 1.36. The zero-order chi connectivity index (χ0) is 17.9. The fourth-order valence-corrected chi connectivity index (χ4v) is 3.15. The summed E-state index contributed by atoms with van der Waals surface area (Å²) >= 11 is 0. The molecule has 0 bridgehead atoms. The van der Waals surface area contributed by atoms with Crippen LogP contribution in [0.25, 0.3) is 11.0 Å². The SMILES string of the molecule is O=C(COC(=O)c1ccc2nccnc2c1)Nc1ccc2c(c1)CCC2. The van der Waals surface area contributed by atoms with E-state index < -0.39 is 5.97 Å². The Hall–Kier alpha value is -3.28. The van der Waals surface area contributed by atoms with Crippen molar-refractivity contribution in [1.82, 2.24) is 9.97 Å². The first-order valence-corrected chi connectivity index (χ1v) is 8.48. The third-order valence-electron chi connectivity index (χ3n) is 4.42. The number of anilines is 1. The molecule has 0 fully saturated rings. The van der Waals surface area contributed by atoms with E-state index in [-0.39, 0.29) is 12.5 Å². The molecule has 0 atom stereocenters. The number of hydrogen-bond donors (Lipinski definition) is 1. The molecule has 3 aromatic rings. The lowest BCUT2D eigenvalue weighted by Crippen LogP contribution is -2.21. The van der Waals surface area contributed by atoms with Gasteiger partial charge in [-0.3, -0.25) is 14.8 Å². The Morgan fingerprint density at radius 3 is 2.65 bits per heavy atom. The predicted octanol–water partition coefficient (Wildman–Crippen LogP) is 2.91. The number of nitrogens with zero attached hydrogens (tertiary/aromatic N) is 2. The molecule has 1 amide bonds. The van der Waals surface area contributed by atoms with Crippen molar-refractivity contribution in [2.75, 3.05) is 11.9 Å². The number of carbonyl (C=O) groups is 2. The summed E-state index contributed by atoms with van der Waals surface area (Å²) in [5.74, 6) is -0.932. The van der Waals surface area contributed by atoms with Gasteiger partial charge in [0.2, 0.25) is 0 Å². The summed E-state index contributed by atoms with van der Waals surface area (Å²) in [5, 5.41) is 2.77. The second-order valence-electron chi connectivity index (χ2n) is 6.22. The summed E-state index contributed by atoms with van der Waals surface area (Å²) in [6.07, 6.45) is 6.43. The van der Waals surface area contributed by atoms with E-state index in [1.807, 2.05) is 18.2 Å². The molecule has 4 rings (SSSR count). The van der Waals surface area contributed by atoms with Crippen LogP contribution in [0.3, 0.4) is 0 Å². The summed E-state index contributed by atoms with van der Waals surface area (Å²) in [6.45, 7) is -0.339. The lowest BCUT2D eigenvalue weighted by Gasteiger charge is -2.08. The van der Waals surface area contributed by atoms with Gasteiger partial charge in [-0.25, -0.2) is 4.79 Å². The molecule has 0 radical (unpaired) electrons. The maximum atomic E-state index is 12.1. The average molecular weight is 347 g/mol. The monoisotopic (exact) mass is 347 g/mol. The van der Waals surface area contributed by atoms with Gasteiger partial charge < -0.3 is 10.1 Å². The largest absolute Gasteiger partial charge is 0.452 e. The minimum Gasteiger partial charge on any atom is -0.452 e. The first-order valence-electron chi connectivity index (χ1n) is 8.48. The van der Waals surface area contributed by atoms with Gasteiger partial charge in [-0.1, -0.05) is 6.07 Å². The van der Waals surface area contributed by atoms with Crippen LogP contribution in [0.1, 0.15) is 27.9 Å². The van der Waals surface area contributed by atoms with Gasteiger partial charge >= 0.3 is 5.97 Å². The molecule has 0 spiro atoms. The Morgan fingerprint density at radius 1 is 0.962 bits per heavy atom. The van der Waals surface area contributed by atoms with E-state index in [4.69, 9.17) is 4.74 Å². The molecule has 1 aromatic heterocycles. The molecular weight excluding hydrogens is 330 g/mol. The van der Waals surface area contributed by atoms with E-state index in [1.165, 1.54) is 11.1 Å². The number of amides is 1. The predicted molar refractivity (Wildman–Crippen MR) is 96.9 cm³/mol. The number of aryl methyl sites for hydroxylation is 2. The molecule has 0 aliphatic heterocycles. The highest BCUT2D eigenvalue weighted by Gasteiger charge is 2.14. The van der Waals surface area contributed by atoms with E-state index in [0.29, 0.717) is 16.6 Å². The highest BCUT2D eigenvalue weighted by Crippen LogP contribution is 2.24. The maximum Gasteiger partial charge on any atom is 0.338 e. The van der Waals surface area contributed by atoms with Gasteiger partial charge in [0.05, 0.1) is 16.6 Å². The van der Waals surface area contributed by atoms with Gasteiger partial charge in [0.25, 0.3) is 5.91 Å². The molecule has 2 aromatic carbocycles. The number of hydrogen-bond acceptors (Lipinski definition) is 5. The van der Waals surface area contributed by atoms with Crippen LogP contribution in [0, 0.1) is 0 Å². The van der Waals surface area contributed by atoms with Crippen molar-refractivity contribution in [3.8, 4) is 0 Å². The van der Waals surface area contributed by atoms with Crippen molar-refractivity contribution in [3.63, 3.8) is 0 Å². The first kappa shape index (κ1) is 16.2. The number of esters is 1. The number of fused-ring (bicyclic) bond motifs is 2. The van der Waals surface area contributed by atoms with E-state index in [9.17, 15) is 9.59 Å². The number of ether oxygens (including phenoxy) is 1. The fourth-order valence-electron chi connectivity index (χ4n) is 3.15. The lowest BCUT2D eigenvalue weighted by atomic mass is 10.1. The van der Waals surface area contributed by atoms with Crippen LogP contribution in [-0.4, -0.2) is 28.5 Å². The van der Waals surface area contributed by atoms with Crippen LogP contribution >= 0.6 is 0 Å². The zero-order valence-corrected chi connectivity index (χ0v) is 14.1. The molecule has 0 saturated heterocycles. The molecule has 6 heteroatoms. The smallest absolute Gasteiger partial charge is 0.338 e. The summed E-state index contributed by atoms with van der Waals surface area (Å²) in [7, 11) is 0. The van der Waals surface area contributed by atoms with Crippen LogP contribution in [0.4, 0.5) is 5.69 Å². The van der Waals surface area contributed by atoms with E-state index in [2.05, 4.69) is 15.3 Å². The number of rotatable bonds is 4. The molecule has 26 heavy (non-hydrogen) atoms. The second kappa shape index (κ2) is 6.92. The highest BCUT2D eigenvalue weighted by molar-refractivity contribution is 5.97. The normalized spacial score (nSPS) is 12.6. The number of nitrogens with one attached hydrogen (secondary N) is 1. The van der Waals surface area contributed by atoms with Crippen molar-refractivity contribution in [2.45, 2.75) is 19.3 Å². The second-order valence-corrected chi connectivity index (χ2v) is 6.22. The minimum atomic E-state index is -0.568. The summed E-state index contributed by atoms with van der Waals surface area (Å²) in [6, 6.07) is 10.8. The third kappa shape index (κ3) is 3.39. The Labute approximate surface area is 150 Å².